The molecule has 2 rings (SSSR count). The van der Waals surface area contributed by atoms with E-state index in [0.29, 0.717) is 19.4 Å². The van der Waals surface area contributed by atoms with Crippen LogP contribution in [0.3, 0.4) is 0 Å². The minimum atomic E-state index is -0.847. The summed E-state index contributed by atoms with van der Waals surface area (Å²) in [6.07, 6.45) is 3.42. The lowest BCUT2D eigenvalue weighted by molar-refractivity contribution is -0.144. The Morgan fingerprint density at radius 3 is 3.12 bits per heavy atom. The molecule has 6 heteroatoms. The first-order chi connectivity index (χ1) is 7.68. The molecule has 6 nitrogen and oxygen atoms in total. The van der Waals surface area contributed by atoms with Crippen molar-refractivity contribution in [2.45, 2.75) is 38.3 Å². The summed E-state index contributed by atoms with van der Waals surface area (Å²) in [5.41, 5.74) is -0.847. The summed E-state index contributed by atoms with van der Waals surface area (Å²) in [4.78, 5) is 15.5. The Kier molecular flexibility index (Phi) is 2.91. The molecule has 1 aromatic rings. The van der Waals surface area contributed by atoms with Crippen molar-refractivity contribution in [3.8, 4) is 0 Å². The third-order valence-corrected chi connectivity index (χ3v) is 3.11. The lowest BCUT2D eigenvalue weighted by atomic mass is 9.93. The van der Waals surface area contributed by atoms with E-state index in [2.05, 4.69) is 15.4 Å². The number of hydrogen-bond acceptors (Lipinski definition) is 4. The summed E-state index contributed by atoms with van der Waals surface area (Å²) in [6, 6.07) is 0. The first-order valence-electron chi connectivity index (χ1n) is 5.53. The maximum absolute atomic E-state index is 11.3. The monoisotopic (exact) mass is 224 g/mol. The second-order valence-corrected chi connectivity index (χ2v) is 4.09. The van der Waals surface area contributed by atoms with E-state index < -0.39 is 11.5 Å². The minimum absolute atomic E-state index is 0.399. The van der Waals surface area contributed by atoms with Gasteiger partial charge in [-0.15, -0.1) is 0 Å². The van der Waals surface area contributed by atoms with Crippen molar-refractivity contribution < 1.29 is 9.90 Å². The Balaban J connectivity index is 2.21. The highest BCUT2D eigenvalue weighted by atomic mass is 16.4. The minimum Gasteiger partial charge on any atom is -0.480 e. The second kappa shape index (κ2) is 4.21. The fraction of sp³-hybridized carbons (Fsp3) is 0.700. The van der Waals surface area contributed by atoms with Gasteiger partial charge < -0.3 is 10.4 Å². The summed E-state index contributed by atoms with van der Waals surface area (Å²) in [7, 11) is 0. The van der Waals surface area contributed by atoms with Gasteiger partial charge in [0.1, 0.15) is 17.7 Å². The van der Waals surface area contributed by atoms with Crippen LogP contribution in [0.15, 0.2) is 6.33 Å². The fourth-order valence-corrected chi connectivity index (χ4v) is 2.17. The summed E-state index contributed by atoms with van der Waals surface area (Å²) in [5.74, 6) is -0.0602. The zero-order chi connectivity index (χ0) is 11.6. The molecule has 1 unspecified atom stereocenters. The molecule has 0 aromatic carbocycles. The molecule has 0 bridgehead atoms. The van der Waals surface area contributed by atoms with Crippen LogP contribution in [0.5, 0.6) is 0 Å². The van der Waals surface area contributed by atoms with Crippen LogP contribution in [0.2, 0.25) is 0 Å². The standard InChI is InChI=1S/C10H16N4O2/c1-2-14-8(11-7-13-14)6-10(9(15)16)4-3-5-12-10/h7,12H,2-6H2,1H3,(H,15,16). The van der Waals surface area contributed by atoms with Gasteiger partial charge in [-0.05, 0) is 26.3 Å². The third kappa shape index (κ3) is 1.80. The molecule has 0 saturated carbocycles. The molecule has 1 saturated heterocycles. The highest BCUT2D eigenvalue weighted by Crippen LogP contribution is 2.23. The third-order valence-electron chi connectivity index (χ3n) is 3.11. The highest BCUT2D eigenvalue weighted by molar-refractivity contribution is 5.79. The van der Waals surface area contributed by atoms with Crippen LogP contribution < -0.4 is 5.32 Å². The van der Waals surface area contributed by atoms with Gasteiger partial charge >= 0.3 is 5.97 Å². The molecule has 1 aromatic heterocycles. The van der Waals surface area contributed by atoms with Gasteiger partial charge in [0.15, 0.2) is 0 Å². The summed E-state index contributed by atoms with van der Waals surface area (Å²) >= 11 is 0. The van der Waals surface area contributed by atoms with E-state index in [9.17, 15) is 9.90 Å². The number of aliphatic carboxylic acids is 1. The molecule has 1 atom stereocenters. The van der Waals surface area contributed by atoms with Gasteiger partial charge in [-0.1, -0.05) is 0 Å². The molecule has 88 valence electrons. The molecule has 1 fully saturated rings. The average molecular weight is 224 g/mol. The number of hydrogen-bond donors (Lipinski definition) is 2. The van der Waals surface area contributed by atoms with Gasteiger partial charge in [0.2, 0.25) is 0 Å². The van der Waals surface area contributed by atoms with Crippen LogP contribution in [0.25, 0.3) is 0 Å². The highest BCUT2D eigenvalue weighted by Gasteiger charge is 2.42. The largest absolute Gasteiger partial charge is 0.480 e. The van der Waals surface area contributed by atoms with Crippen molar-refractivity contribution in [2.75, 3.05) is 6.54 Å². The van der Waals surface area contributed by atoms with Crippen molar-refractivity contribution >= 4 is 5.97 Å². The molecule has 2 N–H and O–H groups in total. The molecule has 0 spiro atoms. The Labute approximate surface area is 93.7 Å². The number of carboxylic acid groups (broad SMARTS) is 1. The number of carboxylic acids is 1. The van der Waals surface area contributed by atoms with Crippen molar-refractivity contribution in [3.63, 3.8) is 0 Å². The number of nitrogens with zero attached hydrogens (tertiary/aromatic N) is 3. The zero-order valence-corrected chi connectivity index (χ0v) is 9.31. The Morgan fingerprint density at radius 1 is 1.75 bits per heavy atom. The van der Waals surface area contributed by atoms with Gasteiger partial charge in [0.25, 0.3) is 0 Å². The predicted molar refractivity (Wildman–Crippen MR) is 57.0 cm³/mol. The van der Waals surface area contributed by atoms with Gasteiger partial charge in [0, 0.05) is 13.0 Å². The SMILES string of the molecule is CCn1ncnc1CC1(C(=O)O)CCCN1. The zero-order valence-electron chi connectivity index (χ0n) is 9.31. The molecule has 0 radical (unpaired) electrons. The molecule has 0 amide bonds. The number of nitrogens with one attached hydrogen (secondary N) is 1. The van der Waals surface area contributed by atoms with E-state index in [1.54, 1.807) is 4.68 Å². The van der Waals surface area contributed by atoms with Crippen molar-refractivity contribution in [3.05, 3.63) is 12.2 Å². The molecule has 16 heavy (non-hydrogen) atoms. The fourth-order valence-electron chi connectivity index (χ4n) is 2.17. The Hall–Kier alpha value is -1.43. The average Bonchev–Trinajstić information content (AvgIpc) is 2.88. The Bertz CT molecular complexity index is 382. The van der Waals surface area contributed by atoms with E-state index in [0.717, 1.165) is 18.8 Å². The van der Waals surface area contributed by atoms with E-state index in [1.807, 2.05) is 6.92 Å². The second-order valence-electron chi connectivity index (χ2n) is 4.09. The summed E-state index contributed by atoms with van der Waals surface area (Å²) in [5, 5.41) is 16.4. The van der Waals surface area contributed by atoms with Gasteiger partial charge in [-0.3, -0.25) is 9.48 Å². The molecule has 1 aliphatic heterocycles. The maximum atomic E-state index is 11.3. The first kappa shape index (κ1) is 11.1. The predicted octanol–water partition coefficient (Wildman–Crippen LogP) is 0.0473. The Morgan fingerprint density at radius 2 is 2.56 bits per heavy atom. The lowest BCUT2D eigenvalue weighted by Crippen LogP contribution is -2.50. The van der Waals surface area contributed by atoms with Crippen molar-refractivity contribution in [1.82, 2.24) is 20.1 Å². The molecular formula is C10H16N4O2. The van der Waals surface area contributed by atoms with Crippen LogP contribution in [0.4, 0.5) is 0 Å². The van der Waals surface area contributed by atoms with Gasteiger partial charge in [-0.2, -0.15) is 5.10 Å². The van der Waals surface area contributed by atoms with E-state index in [-0.39, 0.29) is 0 Å². The quantitative estimate of drug-likeness (QED) is 0.755. The van der Waals surface area contributed by atoms with E-state index >= 15 is 0 Å². The maximum Gasteiger partial charge on any atom is 0.324 e. The molecular weight excluding hydrogens is 208 g/mol. The van der Waals surface area contributed by atoms with Gasteiger partial charge in [0.05, 0.1) is 0 Å². The number of aryl methyl sites for hydroxylation is 1. The van der Waals surface area contributed by atoms with E-state index in [4.69, 9.17) is 0 Å². The molecule has 0 aliphatic carbocycles. The van der Waals surface area contributed by atoms with Crippen LogP contribution in [0, 0.1) is 0 Å². The van der Waals surface area contributed by atoms with Crippen molar-refractivity contribution in [1.29, 1.82) is 0 Å². The summed E-state index contributed by atoms with van der Waals surface area (Å²) < 4.78 is 1.74. The van der Waals surface area contributed by atoms with Crippen LogP contribution >= 0.6 is 0 Å². The summed E-state index contributed by atoms with van der Waals surface area (Å²) in [6.45, 7) is 3.44. The van der Waals surface area contributed by atoms with Crippen molar-refractivity contribution in [2.24, 2.45) is 0 Å². The normalized spacial score (nSPS) is 24.8. The van der Waals surface area contributed by atoms with Crippen LogP contribution in [-0.2, 0) is 17.8 Å². The van der Waals surface area contributed by atoms with Crippen LogP contribution in [0.1, 0.15) is 25.6 Å². The van der Waals surface area contributed by atoms with Crippen LogP contribution in [-0.4, -0.2) is 37.9 Å². The first-order valence-corrected chi connectivity index (χ1v) is 5.53. The van der Waals surface area contributed by atoms with E-state index in [1.165, 1.54) is 6.33 Å². The number of rotatable bonds is 4. The number of aromatic nitrogens is 3. The number of carbonyl (C=O) groups is 1. The molecule has 2 heterocycles. The van der Waals surface area contributed by atoms with Gasteiger partial charge in [-0.25, -0.2) is 4.98 Å². The smallest absolute Gasteiger partial charge is 0.324 e. The lowest BCUT2D eigenvalue weighted by Gasteiger charge is -2.23. The topological polar surface area (TPSA) is 80.0 Å². The molecule has 1 aliphatic rings.